The number of aliphatic carboxylic acids is 1. The number of nitrogens with zero attached hydrogens (tertiary/aromatic N) is 2. The molecule has 1 N–H and O–H groups in total. The first-order valence-electron chi connectivity index (χ1n) is 7.17. The Bertz CT molecular complexity index is 537. The number of hydrogen-bond acceptors (Lipinski definition) is 4. The van der Waals surface area contributed by atoms with Crippen molar-refractivity contribution in [2.24, 2.45) is 0 Å². The largest absolute Gasteiger partial charge is 0.481 e. The van der Waals surface area contributed by atoms with Gasteiger partial charge in [-0.3, -0.25) is 9.59 Å². The van der Waals surface area contributed by atoms with Crippen molar-refractivity contribution in [1.82, 2.24) is 10.1 Å². The number of carboxylic acid groups (broad SMARTS) is 1. The minimum atomic E-state index is -0.864. The van der Waals surface area contributed by atoms with Crippen molar-refractivity contribution in [1.29, 1.82) is 0 Å². The van der Waals surface area contributed by atoms with E-state index < -0.39 is 5.97 Å². The number of likely N-dealkylation sites (tertiary alicyclic amines) is 1. The number of carbonyl (C=O) groups excluding carboxylic acids is 1. The molecule has 1 aromatic rings. The summed E-state index contributed by atoms with van der Waals surface area (Å²) in [5.41, 5.74) is 1.33. The van der Waals surface area contributed by atoms with Crippen molar-refractivity contribution >= 4 is 11.9 Å². The van der Waals surface area contributed by atoms with Crippen LogP contribution in [0.15, 0.2) is 4.52 Å². The summed E-state index contributed by atoms with van der Waals surface area (Å²) in [5, 5.41) is 12.9. The zero-order valence-electron chi connectivity index (χ0n) is 11.3. The number of fused-ring (bicyclic) bond motifs is 1. The molecule has 1 amide bonds. The van der Waals surface area contributed by atoms with Crippen LogP contribution >= 0.6 is 0 Å². The lowest BCUT2D eigenvalue weighted by Crippen LogP contribution is -2.37. The van der Waals surface area contributed by atoms with E-state index in [9.17, 15) is 9.59 Å². The summed E-state index contributed by atoms with van der Waals surface area (Å²) >= 11 is 0. The molecule has 1 aliphatic heterocycles. The van der Waals surface area contributed by atoms with Gasteiger partial charge in [0.15, 0.2) is 5.69 Å². The van der Waals surface area contributed by atoms with Crippen LogP contribution in [0.5, 0.6) is 0 Å². The number of aromatic nitrogens is 1. The molecule has 1 aliphatic carbocycles. The van der Waals surface area contributed by atoms with Crippen molar-refractivity contribution in [3.63, 3.8) is 0 Å². The maximum absolute atomic E-state index is 12.6. The summed E-state index contributed by atoms with van der Waals surface area (Å²) < 4.78 is 5.27. The second-order valence-corrected chi connectivity index (χ2v) is 5.53. The predicted molar refractivity (Wildman–Crippen MR) is 69.5 cm³/mol. The molecule has 2 aliphatic rings. The molecule has 108 valence electrons. The molecule has 0 spiro atoms. The lowest BCUT2D eigenvalue weighted by atomic mass is 9.96. The second kappa shape index (κ2) is 5.26. The van der Waals surface area contributed by atoms with E-state index in [1.165, 1.54) is 0 Å². The SMILES string of the molecule is O=C(O)CC1CCCN1C(=O)c1noc2c1CCCC2. The molecule has 2 heterocycles. The van der Waals surface area contributed by atoms with Crippen LogP contribution in [0.4, 0.5) is 0 Å². The Labute approximate surface area is 116 Å². The molecule has 0 aromatic carbocycles. The topological polar surface area (TPSA) is 83.6 Å². The zero-order chi connectivity index (χ0) is 14.1. The Balaban J connectivity index is 1.81. The summed E-state index contributed by atoms with van der Waals surface area (Å²) in [7, 11) is 0. The van der Waals surface area contributed by atoms with Gasteiger partial charge in [0.1, 0.15) is 5.76 Å². The lowest BCUT2D eigenvalue weighted by Gasteiger charge is -2.23. The normalized spacial score (nSPS) is 21.8. The van der Waals surface area contributed by atoms with E-state index in [4.69, 9.17) is 9.63 Å². The maximum atomic E-state index is 12.6. The van der Waals surface area contributed by atoms with Crippen molar-refractivity contribution in [3.8, 4) is 0 Å². The minimum absolute atomic E-state index is 0.00574. The molecule has 1 saturated heterocycles. The Morgan fingerprint density at radius 3 is 2.90 bits per heavy atom. The van der Waals surface area contributed by atoms with Crippen LogP contribution in [0.2, 0.25) is 0 Å². The van der Waals surface area contributed by atoms with Gasteiger partial charge in [0.25, 0.3) is 5.91 Å². The summed E-state index contributed by atoms with van der Waals surface area (Å²) in [5.74, 6) is -0.203. The number of aryl methyl sites for hydroxylation is 1. The molecule has 20 heavy (non-hydrogen) atoms. The van der Waals surface area contributed by atoms with Crippen LogP contribution in [-0.4, -0.2) is 39.6 Å². The molecule has 0 saturated carbocycles. The van der Waals surface area contributed by atoms with Gasteiger partial charge in [-0.05, 0) is 32.1 Å². The highest BCUT2D eigenvalue weighted by Gasteiger charge is 2.34. The fourth-order valence-electron chi connectivity index (χ4n) is 3.21. The molecule has 1 aromatic heterocycles. The van der Waals surface area contributed by atoms with Crippen LogP contribution in [0.3, 0.4) is 0 Å². The quantitative estimate of drug-likeness (QED) is 0.908. The zero-order valence-corrected chi connectivity index (χ0v) is 11.3. The van der Waals surface area contributed by atoms with Crippen LogP contribution < -0.4 is 0 Å². The molecule has 3 rings (SSSR count). The van der Waals surface area contributed by atoms with Crippen molar-refractivity contribution in [2.45, 2.75) is 51.0 Å². The van der Waals surface area contributed by atoms with Gasteiger partial charge < -0.3 is 14.5 Å². The Hall–Kier alpha value is -1.85. The van der Waals surface area contributed by atoms with Crippen LogP contribution in [0, 0.1) is 0 Å². The van der Waals surface area contributed by atoms with E-state index >= 15 is 0 Å². The molecule has 1 unspecified atom stereocenters. The van der Waals surface area contributed by atoms with Gasteiger partial charge in [-0.2, -0.15) is 0 Å². The number of carboxylic acids is 1. The van der Waals surface area contributed by atoms with Gasteiger partial charge in [0, 0.05) is 24.6 Å². The summed E-state index contributed by atoms with van der Waals surface area (Å²) in [6.07, 6.45) is 5.40. The average molecular weight is 278 g/mol. The van der Waals surface area contributed by atoms with E-state index in [1.54, 1.807) is 4.90 Å². The first kappa shape index (κ1) is 13.1. The van der Waals surface area contributed by atoms with Gasteiger partial charge in [0.2, 0.25) is 0 Å². The average Bonchev–Trinajstić information content (AvgIpc) is 3.03. The van der Waals surface area contributed by atoms with Gasteiger partial charge in [-0.1, -0.05) is 5.16 Å². The standard InChI is InChI=1S/C14H18N2O4/c17-12(18)8-9-4-3-7-16(9)14(19)13-10-5-1-2-6-11(10)20-15-13/h9H,1-8H2,(H,17,18). The maximum Gasteiger partial charge on any atom is 0.305 e. The fraction of sp³-hybridized carbons (Fsp3) is 0.643. The van der Waals surface area contributed by atoms with Crippen molar-refractivity contribution in [3.05, 3.63) is 17.0 Å². The predicted octanol–water partition coefficient (Wildman–Crippen LogP) is 1.63. The third kappa shape index (κ3) is 2.30. The van der Waals surface area contributed by atoms with E-state index in [1.807, 2.05) is 0 Å². The molecule has 0 bridgehead atoms. The molecular formula is C14H18N2O4. The van der Waals surface area contributed by atoms with Gasteiger partial charge in [-0.25, -0.2) is 0 Å². The third-order valence-electron chi connectivity index (χ3n) is 4.20. The molecule has 6 nitrogen and oxygen atoms in total. The summed E-state index contributed by atoms with van der Waals surface area (Å²) in [6.45, 7) is 0.610. The third-order valence-corrected chi connectivity index (χ3v) is 4.20. The minimum Gasteiger partial charge on any atom is -0.481 e. The van der Waals surface area contributed by atoms with Crippen LogP contribution in [0.25, 0.3) is 0 Å². The van der Waals surface area contributed by atoms with E-state index in [0.29, 0.717) is 12.2 Å². The molecule has 6 heteroatoms. The first-order valence-corrected chi connectivity index (χ1v) is 7.17. The highest BCUT2D eigenvalue weighted by atomic mass is 16.5. The second-order valence-electron chi connectivity index (χ2n) is 5.53. The van der Waals surface area contributed by atoms with Gasteiger partial charge >= 0.3 is 5.97 Å². The lowest BCUT2D eigenvalue weighted by molar-refractivity contribution is -0.137. The number of hydrogen-bond donors (Lipinski definition) is 1. The van der Waals surface area contributed by atoms with Crippen LogP contribution in [-0.2, 0) is 17.6 Å². The summed E-state index contributed by atoms with van der Waals surface area (Å²) in [4.78, 5) is 25.1. The van der Waals surface area contributed by atoms with Gasteiger partial charge in [-0.15, -0.1) is 0 Å². The molecule has 1 fully saturated rings. The Kier molecular flexibility index (Phi) is 3.46. The van der Waals surface area contributed by atoms with Crippen LogP contribution in [0.1, 0.15) is 53.9 Å². The number of amides is 1. The molecular weight excluding hydrogens is 260 g/mol. The first-order chi connectivity index (χ1) is 9.66. The van der Waals surface area contributed by atoms with Crippen molar-refractivity contribution < 1.29 is 19.2 Å². The highest BCUT2D eigenvalue weighted by Crippen LogP contribution is 2.28. The van der Waals surface area contributed by atoms with E-state index in [0.717, 1.165) is 49.8 Å². The summed E-state index contributed by atoms with van der Waals surface area (Å²) in [6, 6.07) is -0.212. The number of rotatable bonds is 3. The smallest absolute Gasteiger partial charge is 0.305 e. The van der Waals surface area contributed by atoms with E-state index in [-0.39, 0.29) is 18.4 Å². The number of carbonyl (C=O) groups is 2. The highest BCUT2D eigenvalue weighted by molar-refractivity contribution is 5.94. The van der Waals surface area contributed by atoms with Gasteiger partial charge in [0.05, 0.1) is 6.42 Å². The molecule has 0 radical (unpaired) electrons. The monoisotopic (exact) mass is 278 g/mol. The molecule has 1 atom stereocenters. The fourth-order valence-corrected chi connectivity index (χ4v) is 3.21. The Morgan fingerprint density at radius 1 is 1.30 bits per heavy atom. The Morgan fingerprint density at radius 2 is 2.10 bits per heavy atom. The van der Waals surface area contributed by atoms with Crippen molar-refractivity contribution in [2.75, 3.05) is 6.54 Å². The van der Waals surface area contributed by atoms with E-state index in [2.05, 4.69) is 5.16 Å².